The fourth-order valence-corrected chi connectivity index (χ4v) is 2.79. The third kappa shape index (κ3) is 4.95. The van der Waals surface area contributed by atoms with Crippen LogP contribution in [0.25, 0.3) is 11.4 Å². The first-order valence-electron chi connectivity index (χ1n) is 8.59. The van der Waals surface area contributed by atoms with Gasteiger partial charge in [0.25, 0.3) is 11.8 Å². The van der Waals surface area contributed by atoms with Crippen LogP contribution in [-0.4, -0.2) is 40.6 Å². The lowest BCUT2D eigenvalue weighted by Crippen LogP contribution is -2.20. The molecule has 9 nitrogen and oxygen atoms in total. The number of primary amides is 1. The van der Waals surface area contributed by atoms with E-state index in [1.165, 1.54) is 37.7 Å². The van der Waals surface area contributed by atoms with E-state index in [-0.39, 0.29) is 34.4 Å². The highest BCUT2D eigenvalue weighted by Crippen LogP contribution is 2.36. The molecule has 0 bridgehead atoms. The summed E-state index contributed by atoms with van der Waals surface area (Å²) in [5.74, 6) is -0.390. The van der Waals surface area contributed by atoms with E-state index in [2.05, 4.69) is 15.3 Å². The van der Waals surface area contributed by atoms with Gasteiger partial charge in [-0.1, -0.05) is 23.7 Å². The molecule has 0 saturated heterocycles. The molecule has 3 aromatic rings. The Kier molecular flexibility index (Phi) is 6.33. The maximum atomic E-state index is 12.6. The molecule has 4 N–H and O–H groups in total. The molecule has 0 aliphatic carbocycles. The second kappa shape index (κ2) is 9.10. The van der Waals surface area contributed by atoms with E-state index in [9.17, 15) is 14.7 Å². The number of carbonyl (C=O) groups excluding carboxylic acids is 2. The third-order valence-corrected chi connectivity index (χ3v) is 4.15. The summed E-state index contributed by atoms with van der Waals surface area (Å²) in [6.07, 6.45) is 2.88. The number of nitrogens with two attached hydrogens (primary N) is 1. The van der Waals surface area contributed by atoms with Crippen LogP contribution >= 0.6 is 11.6 Å². The topological polar surface area (TPSA) is 137 Å². The average molecular weight is 429 g/mol. The second-order valence-electron chi connectivity index (χ2n) is 6.04. The normalized spacial score (nSPS) is 10.3. The van der Waals surface area contributed by atoms with Crippen molar-refractivity contribution in [2.75, 3.05) is 19.0 Å². The number of carbonyl (C=O) groups is 2. The van der Waals surface area contributed by atoms with Crippen molar-refractivity contribution < 1.29 is 24.2 Å². The molecular weight excluding hydrogens is 412 g/mol. The van der Waals surface area contributed by atoms with E-state index in [1.54, 1.807) is 18.2 Å². The van der Waals surface area contributed by atoms with Crippen LogP contribution in [0.1, 0.15) is 10.4 Å². The average Bonchev–Trinajstić information content (AvgIpc) is 2.72. The van der Waals surface area contributed by atoms with Crippen molar-refractivity contribution in [2.45, 2.75) is 0 Å². The lowest BCUT2D eigenvalue weighted by atomic mass is 10.2. The molecule has 0 unspecified atom stereocenters. The summed E-state index contributed by atoms with van der Waals surface area (Å²) >= 11 is 6.16. The van der Waals surface area contributed by atoms with Crippen LogP contribution in [0.5, 0.6) is 17.2 Å². The number of ether oxygens (including phenoxy) is 2. The Morgan fingerprint density at radius 2 is 1.93 bits per heavy atom. The van der Waals surface area contributed by atoms with Gasteiger partial charge in [0.2, 0.25) is 0 Å². The van der Waals surface area contributed by atoms with Crippen LogP contribution in [-0.2, 0) is 4.79 Å². The maximum absolute atomic E-state index is 12.6. The summed E-state index contributed by atoms with van der Waals surface area (Å²) in [4.78, 5) is 31.9. The van der Waals surface area contributed by atoms with E-state index in [0.717, 1.165) is 0 Å². The van der Waals surface area contributed by atoms with Crippen molar-refractivity contribution in [3.05, 3.63) is 59.4 Å². The predicted octanol–water partition coefficient (Wildman–Crippen LogP) is 2.63. The molecule has 1 aromatic heterocycles. The fourth-order valence-electron chi connectivity index (χ4n) is 2.52. The standard InChI is InChI=1S/C20H17ClN4O5/c1-29-16-7-12(6-15(21)18(16)30-10-17(22)27)20(28)25-13-8-23-19(24-9-13)11-3-2-4-14(26)5-11/h2-9,26H,10H2,1H3,(H2,22,27)(H,25,28). The number of methoxy groups -OCH3 is 1. The summed E-state index contributed by atoms with van der Waals surface area (Å²) in [6.45, 7) is -0.384. The molecule has 1 heterocycles. The van der Waals surface area contributed by atoms with Gasteiger partial charge >= 0.3 is 0 Å². The van der Waals surface area contributed by atoms with Crippen molar-refractivity contribution in [3.63, 3.8) is 0 Å². The van der Waals surface area contributed by atoms with E-state index in [1.807, 2.05) is 0 Å². The molecule has 30 heavy (non-hydrogen) atoms. The maximum Gasteiger partial charge on any atom is 0.255 e. The molecule has 2 amide bonds. The number of aromatic nitrogens is 2. The first kappa shape index (κ1) is 20.9. The van der Waals surface area contributed by atoms with Crippen LogP contribution in [0.15, 0.2) is 48.8 Å². The molecular formula is C20H17ClN4O5. The zero-order chi connectivity index (χ0) is 21.7. The van der Waals surface area contributed by atoms with Crippen LogP contribution in [0, 0.1) is 0 Å². The van der Waals surface area contributed by atoms with E-state index in [4.69, 9.17) is 26.8 Å². The Hall–Kier alpha value is -3.85. The summed E-state index contributed by atoms with van der Waals surface area (Å²) in [5.41, 5.74) is 6.25. The molecule has 0 radical (unpaired) electrons. The Bertz CT molecular complexity index is 1090. The minimum absolute atomic E-state index is 0.0798. The summed E-state index contributed by atoms with van der Waals surface area (Å²) in [5, 5.41) is 12.3. The van der Waals surface area contributed by atoms with Gasteiger partial charge in [-0.15, -0.1) is 0 Å². The van der Waals surface area contributed by atoms with Crippen molar-refractivity contribution in [3.8, 4) is 28.6 Å². The minimum Gasteiger partial charge on any atom is -0.508 e. The number of nitrogens with one attached hydrogen (secondary N) is 1. The summed E-state index contributed by atoms with van der Waals surface area (Å²) < 4.78 is 10.4. The third-order valence-electron chi connectivity index (χ3n) is 3.86. The predicted molar refractivity (Wildman–Crippen MR) is 110 cm³/mol. The monoisotopic (exact) mass is 428 g/mol. The van der Waals surface area contributed by atoms with Gasteiger partial charge in [0.15, 0.2) is 23.9 Å². The van der Waals surface area contributed by atoms with Gasteiger partial charge in [0.1, 0.15) is 5.75 Å². The van der Waals surface area contributed by atoms with Gasteiger partial charge in [-0.2, -0.15) is 0 Å². The van der Waals surface area contributed by atoms with Gasteiger partial charge in [0.05, 0.1) is 30.2 Å². The number of aromatic hydroxyl groups is 1. The fraction of sp³-hybridized carbons (Fsp3) is 0.100. The van der Waals surface area contributed by atoms with E-state index < -0.39 is 11.8 Å². The summed E-state index contributed by atoms with van der Waals surface area (Å²) in [7, 11) is 1.37. The highest BCUT2D eigenvalue weighted by atomic mass is 35.5. The molecule has 0 saturated carbocycles. The zero-order valence-electron chi connectivity index (χ0n) is 15.8. The smallest absolute Gasteiger partial charge is 0.255 e. The summed E-state index contributed by atoms with van der Waals surface area (Å²) in [6, 6.07) is 9.30. The molecule has 0 atom stereocenters. The Balaban J connectivity index is 1.77. The lowest BCUT2D eigenvalue weighted by Gasteiger charge is -2.13. The van der Waals surface area contributed by atoms with E-state index in [0.29, 0.717) is 17.1 Å². The number of halogens is 1. The number of phenols is 1. The highest BCUT2D eigenvalue weighted by Gasteiger charge is 2.17. The molecule has 154 valence electrons. The number of phenolic OH excluding ortho intramolecular Hbond substituents is 1. The number of hydrogen-bond donors (Lipinski definition) is 3. The van der Waals surface area contributed by atoms with Crippen molar-refractivity contribution in [2.24, 2.45) is 5.73 Å². The van der Waals surface area contributed by atoms with Gasteiger partial charge in [0, 0.05) is 11.1 Å². The Labute approximate surface area is 176 Å². The number of rotatable bonds is 7. The van der Waals surface area contributed by atoms with Gasteiger partial charge in [-0.05, 0) is 24.3 Å². The molecule has 0 fully saturated rings. The number of amides is 2. The first-order chi connectivity index (χ1) is 14.4. The van der Waals surface area contributed by atoms with Crippen LogP contribution < -0.4 is 20.5 Å². The first-order valence-corrected chi connectivity index (χ1v) is 8.96. The quantitative estimate of drug-likeness (QED) is 0.526. The second-order valence-corrected chi connectivity index (χ2v) is 6.45. The number of anilines is 1. The van der Waals surface area contributed by atoms with Gasteiger partial charge in [-0.25, -0.2) is 9.97 Å². The highest BCUT2D eigenvalue weighted by molar-refractivity contribution is 6.32. The van der Waals surface area contributed by atoms with Gasteiger partial charge in [-0.3, -0.25) is 9.59 Å². The molecule has 0 aliphatic heterocycles. The molecule has 3 rings (SSSR count). The Morgan fingerprint density at radius 1 is 1.20 bits per heavy atom. The van der Waals surface area contributed by atoms with E-state index >= 15 is 0 Å². The number of hydrogen-bond acceptors (Lipinski definition) is 7. The van der Waals surface area contributed by atoms with Crippen molar-refractivity contribution in [1.82, 2.24) is 9.97 Å². The molecule has 10 heteroatoms. The SMILES string of the molecule is COc1cc(C(=O)Nc2cnc(-c3cccc(O)c3)nc2)cc(Cl)c1OCC(N)=O. The zero-order valence-corrected chi connectivity index (χ0v) is 16.5. The van der Waals surface area contributed by atoms with Crippen LogP contribution in [0.2, 0.25) is 5.02 Å². The minimum atomic E-state index is -0.677. The largest absolute Gasteiger partial charge is 0.508 e. The Morgan fingerprint density at radius 3 is 2.57 bits per heavy atom. The van der Waals surface area contributed by atoms with Crippen LogP contribution in [0.3, 0.4) is 0 Å². The van der Waals surface area contributed by atoms with Gasteiger partial charge < -0.3 is 25.6 Å². The van der Waals surface area contributed by atoms with Crippen LogP contribution in [0.4, 0.5) is 5.69 Å². The van der Waals surface area contributed by atoms with Crippen molar-refractivity contribution in [1.29, 1.82) is 0 Å². The molecule has 0 aliphatic rings. The number of benzene rings is 2. The molecule has 2 aromatic carbocycles. The molecule has 0 spiro atoms. The van der Waals surface area contributed by atoms with Crippen molar-refractivity contribution >= 4 is 29.1 Å². The lowest BCUT2D eigenvalue weighted by molar-refractivity contribution is -0.119. The number of nitrogens with zero attached hydrogens (tertiary/aromatic N) is 2.